The molecule has 4 heteroatoms. The summed E-state index contributed by atoms with van der Waals surface area (Å²) in [6.45, 7) is 1.15. The number of carbonyl (C=O) groups excluding carboxylic acids is 1. The second kappa shape index (κ2) is 7.51. The van der Waals surface area contributed by atoms with Crippen LogP contribution < -0.4 is 10.6 Å². The van der Waals surface area contributed by atoms with E-state index in [2.05, 4.69) is 10.6 Å². The van der Waals surface area contributed by atoms with Crippen LogP contribution >= 0.6 is 0 Å². The molecular weight excluding hydrogens is 192 g/mol. The van der Waals surface area contributed by atoms with E-state index < -0.39 is 0 Å². The summed E-state index contributed by atoms with van der Waals surface area (Å²) in [5, 5.41) is 5.79. The van der Waals surface area contributed by atoms with Crippen molar-refractivity contribution in [2.45, 2.75) is 44.6 Å². The van der Waals surface area contributed by atoms with Gasteiger partial charge in [-0.1, -0.05) is 25.7 Å². The van der Waals surface area contributed by atoms with E-state index in [-0.39, 0.29) is 6.03 Å². The fourth-order valence-corrected chi connectivity index (χ4v) is 1.93. The number of hydrogen-bond acceptors (Lipinski definition) is 2. The smallest absolute Gasteiger partial charge is 0.315 e. The molecule has 0 atom stereocenters. The highest BCUT2D eigenvalue weighted by Crippen LogP contribution is 2.16. The molecular formula is C11H22N2O2. The predicted octanol–water partition coefficient (Wildman–Crippen LogP) is 1.65. The van der Waals surface area contributed by atoms with Gasteiger partial charge in [0.25, 0.3) is 0 Å². The van der Waals surface area contributed by atoms with Crippen molar-refractivity contribution >= 4 is 6.03 Å². The van der Waals surface area contributed by atoms with E-state index in [9.17, 15) is 4.79 Å². The summed E-state index contributed by atoms with van der Waals surface area (Å²) >= 11 is 0. The minimum Gasteiger partial charge on any atom is -0.383 e. The maximum atomic E-state index is 11.4. The molecule has 1 saturated carbocycles. The molecule has 2 N–H and O–H groups in total. The number of methoxy groups -OCH3 is 1. The molecule has 88 valence electrons. The molecule has 1 aliphatic carbocycles. The first kappa shape index (κ1) is 12.3. The van der Waals surface area contributed by atoms with Crippen LogP contribution in [0.2, 0.25) is 0 Å². The average molecular weight is 214 g/mol. The molecule has 0 heterocycles. The highest BCUT2D eigenvalue weighted by molar-refractivity contribution is 5.74. The Kier molecular flexibility index (Phi) is 6.16. The van der Waals surface area contributed by atoms with Crippen molar-refractivity contribution in [3.8, 4) is 0 Å². The molecule has 1 fully saturated rings. The Morgan fingerprint density at radius 1 is 1.27 bits per heavy atom. The fraction of sp³-hybridized carbons (Fsp3) is 0.909. The van der Waals surface area contributed by atoms with Gasteiger partial charge in [-0.25, -0.2) is 4.79 Å². The molecule has 0 aliphatic heterocycles. The van der Waals surface area contributed by atoms with E-state index in [1.807, 2.05) is 0 Å². The molecule has 0 unspecified atom stereocenters. The maximum Gasteiger partial charge on any atom is 0.315 e. The number of ether oxygens (including phenoxy) is 1. The summed E-state index contributed by atoms with van der Waals surface area (Å²) in [4.78, 5) is 11.4. The van der Waals surface area contributed by atoms with E-state index >= 15 is 0 Å². The van der Waals surface area contributed by atoms with Gasteiger partial charge in [-0.05, 0) is 12.8 Å². The van der Waals surface area contributed by atoms with Crippen molar-refractivity contribution in [1.29, 1.82) is 0 Å². The van der Waals surface area contributed by atoms with E-state index in [4.69, 9.17) is 4.74 Å². The molecule has 4 nitrogen and oxygen atoms in total. The molecule has 2 amide bonds. The lowest BCUT2D eigenvalue weighted by Crippen LogP contribution is -2.42. The average Bonchev–Trinajstić information content (AvgIpc) is 2.47. The Labute approximate surface area is 91.8 Å². The molecule has 0 aromatic carbocycles. The van der Waals surface area contributed by atoms with Crippen molar-refractivity contribution in [3.63, 3.8) is 0 Å². The predicted molar refractivity (Wildman–Crippen MR) is 59.9 cm³/mol. The molecule has 0 spiro atoms. The summed E-state index contributed by atoms with van der Waals surface area (Å²) in [6, 6.07) is 0.314. The molecule has 1 rings (SSSR count). The van der Waals surface area contributed by atoms with Gasteiger partial charge in [-0.2, -0.15) is 0 Å². The number of nitrogens with one attached hydrogen (secondary N) is 2. The zero-order valence-corrected chi connectivity index (χ0v) is 9.55. The van der Waals surface area contributed by atoms with Gasteiger partial charge < -0.3 is 15.4 Å². The monoisotopic (exact) mass is 214 g/mol. The van der Waals surface area contributed by atoms with Crippen LogP contribution in [0.3, 0.4) is 0 Å². The second-order valence-electron chi connectivity index (χ2n) is 4.08. The van der Waals surface area contributed by atoms with Gasteiger partial charge in [0.05, 0.1) is 6.61 Å². The van der Waals surface area contributed by atoms with Gasteiger partial charge in [0.1, 0.15) is 0 Å². The highest BCUT2D eigenvalue weighted by atomic mass is 16.5. The summed E-state index contributed by atoms with van der Waals surface area (Å²) < 4.78 is 4.86. The van der Waals surface area contributed by atoms with Crippen molar-refractivity contribution in [2.24, 2.45) is 0 Å². The third-order valence-corrected chi connectivity index (χ3v) is 2.78. The van der Waals surface area contributed by atoms with Crippen LogP contribution in [0.5, 0.6) is 0 Å². The molecule has 0 bridgehead atoms. The van der Waals surface area contributed by atoms with Crippen molar-refractivity contribution in [3.05, 3.63) is 0 Å². The van der Waals surface area contributed by atoms with Crippen LogP contribution in [0.15, 0.2) is 0 Å². The molecule has 15 heavy (non-hydrogen) atoms. The third-order valence-electron chi connectivity index (χ3n) is 2.78. The van der Waals surface area contributed by atoms with E-state index in [1.165, 1.54) is 25.7 Å². The van der Waals surface area contributed by atoms with E-state index in [0.29, 0.717) is 19.2 Å². The van der Waals surface area contributed by atoms with E-state index in [0.717, 1.165) is 12.8 Å². The molecule has 1 aliphatic rings. The van der Waals surface area contributed by atoms with Crippen LogP contribution in [0, 0.1) is 0 Å². The highest BCUT2D eigenvalue weighted by Gasteiger charge is 2.13. The fourth-order valence-electron chi connectivity index (χ4n) is 1.93. The first-order valence-electron chi connectivity index (χ1n) is 5.86. The number of hydrogen-bond donors (Lipinski definition) is 2. The Bertz CT molecular complexity index is 177. The molecule has 0 aromatic heterocycles. The lowest BCUT2D eigenvalue weighted by Gasteiger charge is -2.16. The van der Waals surface area contributed by atoms with Crippen LogP contribution in [-0.4, -0.2) is 32.3 Å². The van der Waals surface area contributed by atoms with Crippen LogP contribution in [-0.2, 0) is 4.74 Å². The molecule has 0 aromatic rings. The van der Waals surface area contributed by atoms with Gasteiger partial charge in [-0.15, -0.1) is 0 Å². The summed E-state index contributed by atoms with van der Waals surface area (Å²) in [7, 11) is 1.63. The normalized spacial score (nSPS) is 18.2. The Morgan fingerprint density at radius 3 is 2.53 bits per heavy atom. The standard InChI is InChI=1S/C11H22N2O2/c1-15-9-8-12-11(14)13-10-6-4-2-3-5-7-10/h10H,2-9H2,1H3,(H2,12,13,14). The number of carbonyl (C=O) groups is 1. The number of rotatable bonds is 4. The Hall–Kier alpha value is -0.770. The first-order chi connectivity index (χ1) is 7.33. The summed E-state index contributed by atoms with van der Waals surface area (Å²) in [5.41, 5.74) is 0. The lowest BCUT2D eigenvalue weighted by molar-refractivity contribution is 0.194. The topological polar surface area (TPSA) is 50.4 Å². The zero-order chi connectivity index (χ0) is 10.9. The zero-order valence-electron chi connectivity index (χ0n) is 9.55. The molecule has 0 saturated heterocycles. The number of urea groups is 1. The Balaban J connectivity index is 2.12. The summed E-state index contributed by atoms with van der Waals surface area (Å²) in [5.74, 6) is 0. The van der Waals surface area contributed by atoms with Gasteiger partial charge in [-0.3, -0.25) is 0 Å². The number of amides is 2. The van der Waals surface area contributed by atoms with Gasteiger partial charge >= 0.3 is 6.03 Å². The maximum absolute atomic E-state index is 11.4. The molecule has 0 radical (unpaired) electrons. The van der Waals surface area contributed by atoms with Crippen molar-refractivity contribution in [1.82, 2.24) is 10.6 Å². The minimum atomic E-state index is -0.0565. The van der Waals surface area contributed by atoms with Crippen molar-refractivity contribution < 1.29 is 9.53 Å². The largest absolute Gasteiger partial charge is 0.383 e. The summed E-state index contributed by atoms with van der Waals surface area (Å²) in [6.07, 6.45) is 7.34. The first-order valence-corrected chi connectivity index (χ1v) is 5.86. The van der Waals surface area contributed by atoms with Crippen molar-refractivity contribution in [2.75, 3.05) is 20.3 Å². The van der Waals surface area contributed by atoms with Gasteiger partial charge in [0.15, 0.2) is 0 Å². The van der Waals surface area contributed by atoms with E-state index in [1.54, 1.807) is 7.11 Å². The second-order valence-corrected chi connectivity index (χ2v) is 4.08. The SMILES string of the molecule is COCCNC(=O)NC1CCCCCC1. The van der Waals surface area contributed by atoms with Crippen LogP contribution in [0.1, 0.15) is 38.5 Å². The minimum absolute atomic E-state index is 0.0565. The Morgan fingerprint density at radius 2 is 1.93 bits per heavy atom. The van der Waals surface area contributed by atoms with Gasteiger partial charge in [0, 0.05) is 19.7 Å². The quantitative estimate of drug-likeness (QED) is 0.552. The lowest BCUT2D eigenvalue weighted by atomic mass is 10.1. The van der Waals surface area contributed by atoms with Crippen LogP contribution in [0.25, 0.3) is 0 Å². The van der Waals surface area contributed by atoms with Gasteiger partial charge in [0.2, 0.25) is 0 Å². The van der Waals surface area contributed by atoms with Crippen LogP contribution in [0.4, 0.5) is 4.79 Å². The third kappa shape index (κ3) is 5.62.